The maximum absolute atomic E-state index is 13.8. The predicted molar refractivity (Wildman–Crippen MR) is 125 cm³/mol. The maximum atomic E-state index is 13.8. The number of carbonyl (C=O) groups is 1. The number of thiophene rings is 1. The van der Waals surface area contributed by atoms with Gasteiger partial charge < -0.3 is 9.67 Å². The quantitative estimate of drug-likeness (QED) is 0.378. The fraction of sp³-hybridized carbons (Fsp3) is 0.125. The molecule has 2 heterocycles. The molecule has 1 atom stereocenters. The molecule has 0 unspecified atom stereocenters. The molecule has 180 valence electrons. The summed E-state index contributed by atoms with van der Waals surface area (Å²) in [6, 6.07) is 8.66. The van der Waals surface area contributed by atoms with Gasteiger partial charge in [0.1, 0.15) is 16.1 Å². The number of nitrogens with zero attached hydrogens (tertiary/aromatic N) is 1. The Morgan fingerprint density at radius 3 is 2.46 bits per heavy atom. The van der Waals surface area contributed by atoms with Gasteiger partial charge in [0.05, 0.1) is 10.4 Å². The van der Waals surface area contributed by atoms with E-state index in [1.54, 1.807) is 7.05 Å². The fourth-order valence-corrected chi connectivity index (χ4v) is 5.83. The summed E-state index contributed by atoms with van der Waals surface area (Å²) in [5.74, 6) is 1.62. The Morgan fingerprint density at radius 1 is 1.09 bits per heavy atom. The molecular formula is C24H17F3N2O4S2. The van der Waals surface area contributed by atoms with Gasteiger partial charge in [-0.15, -0.1) is 11.3 Å². The lowest BCUT2D eigenvalue weighted by Crippen LogP contribution is -2.42. The summed E-state index contributed by atoms with van der Waals surface area (Å²) in [5, 5.41) is 9.93. The summed E-state index contributed by atoms with van der Waals surface area (Å²) in [5.41, 5.74) is 1.22. The number of halogens is 3. The van der Waals surface area contributed by atoms with E-state index in [1.807, 2.05) is 0 Å². The lowest BCUT2D eigenvalue weighted by Gasteiger charge is -2.13. The molecule has 0 spiro atoms. The van der Waals surface area contributed by atoms with Gasteiger partial charge in [0.15, 0.2) is 11.6 Å². The average Bonchev–Trinajstić information content (AvgIpc) is 3.39. The third kappa shape index (κ3) is 5.40. The maximum Gasteiger partial charge on any atom is 0.322 e. The van der Waals surface area contributed by atoms with Gasteiger partial charge >= 0.3 is 5.97 Å². The summed E-state index contributed by atoms with van der Waals surface area (Å²) in [7, 11) is -2.64. The van der Waals surface area contributed by atoms with Crippen molar-refractivity contribution in [3.8, 4) is 11.8 Å². The molecule has 0 aliphatic rings. The van der Waals surface area contributed by atoms with E-state index in [0.717, 1.165) is 23.5 Å². The number of nitrogens with one attached hydrogen (secondary N) is 1. The Kier molecular flexibility index (Phi) is 6.71. The second-order valence-electron chi connectivity index (χ2n) is 7.64. The van der Waals surface area contributed by atoms with Crippen LogP contribution in [0.15, 0.2) is 58.9 Å². The topological polar surface area (TPSA) is 88.4 Å². The minimum absolute atomic E-state index is 0.141. The van der Waals surface area contributed by atoms with Gasteiger partial charge in [-0.25, -0.2) is 21.6 Å². The number of carboxylic acids is 1. The van der Waals surface area contributed by atoms with Crippen molar-refractivity contribution in [3.05, 3.63) is 88.2 Å². The van der Waals surface area contributed by atoms with Crippen molar-refractivity contribution in [3.63, 3.8) is 0 Å². The van der Waals surface area contributed by atoms with E-state index in [1.165, 1.54) is 47.2 Å². The van der Waals surface area contributed by atoms with Gasteiger partial charge in [-0.05, 0) is 48.0 Å². The highest BCUT2D eigenvalue weighted by Crippen LogP contribution is 2.26. The van der Waals surface area contributed by atoms with Crippen LogP contribution in [0.3, 0.4) is 0 Å². The Morgan fingerprint density at radius 2 is 1.77 bits per heavy atom. The standard InChI is InChI=1S/C24H17F3N2O4S2/c1-29-13-15(18-11-19(26)20(27)12-22(18)29)10-21(24(30)31)28-35(32,33)23-9-8-17(34-23)7-4-14-2-5-16(25)6-3-14/h2-3,5-6,8-9,11-13,21,28H,10H2,1H3,(H,30,31)/t21-/m1/s1. The summed E-state index contributed by atoms with van der Waals surface area (Å²) in [4.78, 5) is 12.3. The van der Waals surface area contributed by atoms with Crippen LogP contribution in [-0.4, -0.2) is 30.1 Å². The van der Waals surface area contributed by atoms with Gasteiger partial charge in [-0.2, -0.15) is 4.72 Å². The summed E-state index contributed by atoms with van der Waals surface area (Å²) < 4.78 is 69.6. The van der Waals surface area contributed by atoms with Crippen LogP contribution in [0.2, 0.25) is 0 Å². The Balaban J connectivity index is 1.56. The van der Waals surface area contributed by atoms with Gasteiger partial charge in [0.25, 0.3) is 10.0 Å². The van der Waals surface area contributed by atoms with E-state index >= 15 is 0 Å². The third-order valence-corrected chi connectivity index (χ3v) is 8.12. The van der Waals surface area contributed by atoms with E-state index < -0.39 is 39.5 Å². The summed E-state index contributed by atoms with van der Waals surface area (Å²) in [6.07, 6.45) is 1.21. The molecule has 6 nitrogen and oxygen atoms in total. The molecule has 4 aromatic rings. The van der Waals surface area contributed by atoms with Crippen molar-refractivity contribution in [1.82, 2.24) is 9.29 Å². The number of benzene rings is 2. The first-order valence-corrected chi connectivity index (χ1v) is 12.4. The molecule has 4 rings (SSSR count). The van der Waals surface area contributed by atoms with Crippen LogP contribution in [0.25, 0.3) is 10.9 Å². The van der Waals surface area contributed by atoms with Crippen molar-refractivity contribution >= 4 is 38.2 Å². The van der Waals surface area contributed by atoms with Crippen molar-refractivity contribution in [2.75, 3.05) is 0 Å². The number of sulfonamides is 1. The number of hydrogen-bond donors (Lipinski definition) is 2. The van der Waals surface area contributed by atoms with E-state index in [-0.39, 0.29) is 16.0 Å². The molecule has 0 radical (unpaired) electrons. The molecule has 0 amide bonds. The summed E-state index contributed by atoms with van der Waals surface area (Å²) in [6.45, 7) is 0. The zero-order valence-corrected chi connectivity index (χ0v) is 19.7. The average molecular weight is 519 g/mol. The molecule has 2 aromatic heterocycles. The smallest absolute Gasteiger partial charge is 0.322 e. The number of aromatic nitrogens is 1. The van der Waals surface area contributed by atoms with Gasteiger partial charge in [-0.3, -0.25) is 4.79 Å². The Bertz CT molecular complexity index is 1600. The molecule has 11 heteroatoms. The van der Waals surface area contributed by atoms with Gasteiger partial charge in [-0.1, -0.05) is 11.8 Å². The second kappa shape index (κ2) is 9.58. The molecule has 0 fully saturated rings. The zero-order chi connectivity index (χ0) is 25.3. The SMILES string of the molecule is Cn1cc(C[C@@H](NS(=O)(=O)c2ccc(C#Cc3ccc(F)cc3)s2)C(=O)O)c2cc(F)c(F)cc21. The van der Waals surface area contributed by atoms with Crippen LogP contribution in [-0.2, 0) is 28.3 Å². The lowest BCUT2D eigenvalue weighted by molar-refractivity contribution is -0.138. The number of hydrogen-bond acceptors (Lipinski definition) is 4. The van der Waals surface area contributed by atoms with Gasteiger partial charge in [0, 0.05) is 36.7 Å². The van der Waals surface area contributed by atoms with E-state index in [4.69, 9.17) is 0 Å². The first kappa shape index (κ1) is 24.5. The van der Waals surface area contributed by atoms with E-state index in [9.17, 15) is 31.5 Å². The normalized spacial score (nSPS) is 12.3. The first-order chi connectivity index (χ1) is 16.5. The highest BCUT2D eigenvalue weighted by Gasteiger charge is 2.28. The molecule has 0 bridgehead atoms. The van der Waals surface area contributed by atoms with Crippen molar-refractivity contribution in [2.24, 2.45) is 7.05 Å². The van der Waals surface area contributed by atoms with Crippen LogP contribution in [0.1, 0.15) is 16.0 Å². The highest BCUT2D eigenvalue weighted by molar-refractivity contribution is 7.91. The van der Waals surface area contributed by atoms with Gasteiger partial charge in [0.2, 0.25) is 0 Å². The molecule has 0 saturated carbocycles. The van der Waals surface area contributed by atoms with Crippen molar-refractivity contribution < 1.29 is 31.5 Å². The van der Waals surface area contributed by atoms with Crippen LogP contribution < -0.4 is 4.72 Å². The number of aliphatic carboxylic acids is 1. The Hall–Kier alpha value is -3.59. The number of fused-ring (bicyclic) bond motifs is 1. The lowest BCUT2D eigenvalue weighted by atomic mass is 10.1. The molecule has 35 heavy (non-hydrogen) atoms. The number of aryl methyl sites for hydroxylation is 1. The Labute approximate surface area is 202 Å². The van der Waals surface area contributed by atoms with Crippen molar-refractivity contribution in [2.45, 2.75) is 16.7 Å². The number of rotatable bonds is 6. The molecule has 2 N–H and O–H groups in total. The van der Waals surface area contributed by atoms with Crippen LogP contribution in [0.4, 0.5) is 13.2 Å². The third-order valence-electron chi connectivity index (χ3n) is 5.15. The van der Waals surface area contributed by atoms with Crippen LogP contribution in [0.5, 0.6) is 0 Å². The second-order valence-corrected chi connectivity index (χ2v) is 10.7. The largest absolute Gasteiger partial charge is 0.480 e. The number of carboxylic acid groups (broad SMARTS) is 1. The molecular weight excluding hydrogens is 501 g/mol. The first-order valence-electron chi connectivity index (χ1n) is 10.1. The van der Waals surface area contributed by atoms with Crippen molar-refractivity contribution in [1.29, 1.82) is 0 Å². The van der Waals surface area contributed by atoms with Crippen LogP contribution >= 0.6 is 11.3 Å². The molecule has 0 aliphatic heterocycles. The molecule has 2 aromatic carbocycles. The van der Waals surface area contributed by atoms with E-state index in [0.29, 0.717) is 21.5 Å². The zero-order valence-electron chi connectivity index (χ0n) is 18.1. The minimum atomic E-state index is -4.22. The minimum Gasteiger partial charge on any atom is -0.480 e. The predicted octanol–water partition coefficient (Wildman–Crippen LogP) is 4.03. The van der Waals surface area contributed by atoms with Crippen LogP contribution in [0, 0.1) is 29.3 Å². The summed E-state index contributed by atoms with van der Waals surface area (Å²) >= 11 is 0.846. The van der Waals surface area contributed by atoms with E-state index in [2.05, 4.69) is 16.6 Å². The molecule has 0 aliphatic carbocycles. The fourth-order valence-electron chi connectivity index (χ4n) is 3.46. The highest BCUT2D eigenvalue weighted by atomic mass is 32.2. The monoisotopic (exact) mass is 518 g/mol. The molecule has 0 saturated heterocycles.